The highest BCUT2D eigenvalue weighted by Gasteiger charge is 2.25. The molecular weight excluding hydrogens is 418 g/mol. The Morgan fingerprint density at radius 2 is 1.67 bits per heavy atom. The molecule has 0 saturated carbocycles. The molecule has 0 atom stereocenters. The van der Waals surface area contributed by atoms with Crippen LogP contribution in [0.1, 0.15) is 0 Å². The van der Waals surface area contributed by atoms with E-state index in [4.69, 9.17) is 0 Å². The van der Waals surface area contributed by atoms with Crippen LogP contribution in [0.4, 0.5) is 5.69 Å². The van der Waals surface area contributed by atoms with Crippen LogP contribution in [-0.2, 0) is 10.0 Å². The third-order valence-corrected chi connectivity index (χ3v) is 5.81. The molecule has 2 aromatic carbocycles. The summed E-state index contributed by atoms with van der Waals surface area (Å²) in [5.74, 6) is 0. The Labute approximate surface area is 141 Å². The molecule has 0 amide bonds. The molecule has 0 saturated heterocycles. The first-order chi connectivity index (χ1) is 9.96. The summed E-state index contributed by atoms with van der Waals surface area (Å²) in [5.41, 5.74) is 0.584. The zero-order valence-corrected chi connectivity index (χ0v) is 15.0. The number of anilines is 1. The summed E-state index contributed by atoms with van der Waals surface area (Å²) in [6.45, 7) is 3.84. The number of hydrogen-bond acceptors (Lipinski definition) is 2. The van der Waals surface area contributed by atoms with Crippen LogP contribution in [0, 0.1) is 0 Å². The maximum atomic E-state index is 12.8. The maximum absolute atomic E-state index is 12.8. The number of benzene rings is 2. The number of sulfonamides is 1. The minimum atomic E-state index is -3.64. The summed E-state index contributed by atoms with van der Waals surface area (Å²) in [4.78, 5) is 0.239. The molecule has 2 rings (SSSR count). The fraction of sp³-hybridized carbons (Fsp3) is 0.0667. The maximum Gasteiger partial charge on any atom is 0.264 e. The van der Waals surface area contributed by atoms with Gasteiger partial charge in [0.15, 0.2) is 0 Å². The number of nitrogens with zero attached hydrogens (tertiary/aromatic N) is 1. The van der Waals surface area contributed by atoms with E-state index in [1.165, 1.54) is 4.31 Å². The second-order valence-electron chi connectivity index (χ2n) is 4.23. The minimum Gasteiger partial charge on any atom is -0.261 e. The van der Waals surface area contributed by atoms with E-state index < -0.39 is 10.0 Å². The van der Waals surface area contributed by atoms with Gasteiger partial charge in [0.05, 0.1) is 17.1 Å². The standard InChI is InChI=1S/C15H13Br2NO2S/c1-2-11-18(15-6-4-3-5-14(15)17)21(19,20)13-9-7-12(16)8-10-13/h2-10H,1,11H2. The summed E-state index contributed by atoms with van der Waals surface area (Å²) >= 11 is 6.70. The zero-order valence-electron chi connectivity index (χ0n) is 11.0. The summed E-state index contributed by atoms with van der Waals surface area (Å²) in [6.07, 6.45) is 1.57. The van der Waals surface area contributed by atoms with Crippen LogP contribution < -0.4 is 4.31 Å². The van der Waals surface area contributed by atoms with Gasteiger partial charge < -0.3 is 0 Å². The average molecular weight is 431 g/mol. The second-order valence-corrected chi connectivity index (χ2v) is 7.86. The van der Waals surface area contributed by atoms with Gasteiger partial charge in [0.2, 0.25) is 0 Å². The topological polar surface area (TPSA) is 37.4 Å². The van der Waals surface area contributed by atoms with Gasteiger partial charge in [-0.25, -0.2) is 8.42 Å². The third kappa shape index (κ3) is 3.56. The van der Waals surface area contributed by atoms with E-state index in [1.807, 2.05) is 12.1 Å². The molecule has 2 aromatic rings. The normalized spacial score (nSPS) is 11.1. The van der Waals surface area contributed by atoms with Crippen LogP contribution in [0.5, 0.6) is 0 Å². The highest BCUT2D eigenvalue weighted by atomic mass is 79.9. The molecule has 0 aromatic heterocycles. The van der Waals surface area contributed by atoms with Crippen LogP contribution >= 0.6 is 31.9 Å². The van der Waals surface area contributed by atoms with Gasteiger partial charge in [-0.3, -0.25) is 4.31 Å². The quantitative estimate of drug-likeness (QED) is 0.650. The van der Waals surface area contributed by atoms with Crippen LogP contribution in [0.3, 0.4) is 0 Å². The van der Waals surface area contributed by atoms with E-state index in [0.717, 1.165) is 4.47 Å². The fourth-order valence-corrected chi connectivity index (χ4v) is 4.17. The third-order valence-electron chi connectivity index (χ3n) is 2.82. The molecule has 0 radical (unpaired) electrons. The summed E-state index contributed by atoms with van der Waals surface area (Å²) in [6, 6.07) is 13.8. The first-order valence-corrected chi connectivity index (χ1v) is 9.13. The first-order valence-electron chi connectivity index (χ1n) is 6.10. The van der Waals surface area contributed by atoms with Gasteiger partial charge >= 0.3 is 0 Å². The molecule has 110 valence electrons. The van der Waals surface area contributed by atoms with E-state index >= 15 is 0 Å². The molecule has 3 nitrogen and oxygen atoms in total. The summed E-state index contributed by atoms with van der Waals surface area (Å²) < 4.78 is 28.5. The van der Waals surface area contributed by atoms with Crippen molar-refractivity contribution in [3.63, 3.8) is 0 Å². The lowest BCUT2D eigenvalue weighted by molar-refractivity contribution is 0.593. The molecule has 0 aliphatic heterocycles. The lowest BCUT2D eigenvalue weighted by atomic mass is 10.3. The molecular formula is C15H13Br2NO2S. The van der Waals surface area contributed by atoms with Gasteiger partial charge in [0.25, 0.3) is 10.0 Å². The lowest BCUT2D eigenvalue weighted by Gasteiger charge is -2.24. The Hall–Kier alpha value is -1.11. The van der Waals surface area contributed by atoms with Crippen molar-refractivity contribution < 1.29 is 8.42 Å². The molecule has 0 fully saturated rings. The SMILES string of the molecule is C=CCN(c1ccccc1Br)S(=O)(=O)c1ccc(Br)cc1. The van der Waals surface area contributed by atoms with Crippen molar-refractivity contribution >= 4 is 47.6 Å². The molecule has 0 aliphatic carbocycles. The first kappa shape index (κ1) is 16.3. The van der Waals surface area contributed by atoms with E-state index in [0.29, 0.717) is 10.2 Å². The van der Waals surface area contributed by atoms with Crippen molar-refractivity contribution in [3.8, 4) is 0 Å². The van der Waals surface area contributed by atoms with Gasteiger partial charge in [-0.15, -0.1) is 6.58 Å². The number of rotatable bonds is 5. The van der Waals surface area contributed by atoms with E-state index in [1.54, 1.807) is 42.5 Å². The van der Waals surface area contributed by atoms with E-state index in [9.17, 15) is 8.42 Å². The van der Waals surface area contributed by atoms with Gasteiger partial charge in [-0.2, -0.15) is 0 Å². The molecule has 0 spiro atoms. The highest BCUT2D eigenvalue weighted by molar-refractivity contribution is 9.10. The van der Waals surface area contributed by atoms with Crippen molar-refractivity contribution in [3.05, 3.63) is 70.1 Å². The summed E-state index contributed by atoms with van der Waals surface area (Å²) in [7, 11) is -3.64. The van der Waals surface area contributed by atoms with Crippen molar-refractivity contribution in [2.75, 3.05) is 10.8 Å². The lowest BCUT2D eigenvalue weighted by Crippen LogP contribution is -2.31. The number of halogens is 2. The molecule has 21 heavy (non-hydrogen) atoms. The molecule has 0 aliphatic rings. The van der Waals surface area contributed by atoms with Crippen molar-refractivity contribution in [2.24, 2.45) is 0 Å². The Morgan fingerprint density at radius 1 is 1.05 bits per heavy atom. The van der Waals surface area contributed by atoms with Crippen molar-refractivity contribution in [2.45, 2.75) is 4.90 Å². The predicted octanol–water partition coefficient (Wildman–Crippen LogP) is 4.59. The number of para-hydroxylation sites is 1. The van der Waals surface area contributed by atoms with Gasteiger partial charge in [0.1, 0.15) is 0 Å². The Morgan fingerprint density at radius 3 is 2.24 bits per heavy atom. The summed E-state index contributed by atoms with van der Waals surface area (Å²) in [5, 5.41) is 0. The van der Waals surface area contributed by atoms with Crippen molar-refractivity contribution in [1.29, 1.82) is 0 Å². The van der Waals surface area contributed by atoms with Crippen LogP contribution in [0.2, 0.25) is 0 Å². The largest absolute Gasteiger partial charge is 0.264 e. The smallest absolute Gasteiger partial charge is 0.261 e. The molecule has 0 N–H and O–H groups in total. The molecule has 0 bridgehead atoms. The molecule has 0 heterocycles. The zero-order chi connectivity index (χ0) is 15.5. The monoisotopic (exact) mass is 429 g/mol. The Kier molecular flexibility index (Phi) is 5.24. The van der Waals surface area contributed by atoms with E-state index in [-0.39, 0.29) is 11.4 Å². The van der Waals surface area contributed by atoms with Crippen LogP contribution in [-0.4, -0.2) is 15.0 Å². The Bertz CT molecular complexity index is 743. The van der Waals surface area contributed by atoms with Gasteiger partial charge in [-0.05, 0) is 52.3 Å². The van der Waals surface area contributed by atoms with Crippen LogP contribution in [0.25, 0.3) is 0 Å². The van der Waals surface area contributed by atoms with Crippen LogP contribution in [0.15, 0.2) is 75.0 Å². The van der Waals surface area contributed by atoms with Gasteiger partial charge in [0, 0.05) is 8.95 Å². The predicted molar refractivity (Wildman–Crippen MR) is 93.0 cm³/mol. The number of hydrogen-bond donors (Lipinski definition) is 0. The highest BCUT2D eigenvalue weighted by Crippen LogP contribution is 2.30. The fourth-order valence-electron chi connectivity index (χ4n) is 1.83. The molecule has 6 heteroatoms. The Balaban J connectivity index is 2.54. The molecule has 0 unspecified atom stereocenters. The van der Waals surface area contributed by atoms with Gasteiger partial charge in [-0.1, -0.05) is 34.1 Å². The second kappa shape index (κ2) is 6.77. The van der Waals surface area contributed by atoms with Crippen molar-refractivity contribution in [1.82, 2.24) is 0 Å². The minimum absolute atomic E-state index is 0.195. The van der Waals surface area contributed by atoms with E-state index in [2.05, 4.69) is 38.4 Å². The average Bonchev–Trinajstić information content (AvgIpc) is 2.46.